The zero-order valence-corrected chi connectivity index (χ0v) is 16.3. The third-order valence-electron chi connectivity index (χ3n) is 5.51. The predicted molar refractivity (Wildman–Crippen MR) is 104 cm³/mol. The fraction of sp³-hybridized carbons (Fsp3) is 0.667. The third kappa shape index (κ3) is 5.29. The Morgan fingerprint density at radius 2 is 1.85 bits per heavy atom. The molecule has 0 radical (unpaired) electrons. The summed E-state index contributed by atoms with van der Waals surface area (Å²) in [7, 11) is 0. The Balaban J connectivity index is 1.57. The lowest BCUT2D eigenvalue weighted by molar-refractivity contribution is 0.0696. The van der Waals surface area contributed by atoms with Crippen LogP contribution in [0.25, 0.3) is 0 Å². The van der Waals surface area contributed by atoms with Crippen molar-refractivity contribution >= 4 is 5.91 Å². The van der Waals surface area contributed by atoms with Crippen molar-refractivity contribution in [2.45, 2.75) is 45.7 Å². The van der Waals surface area contributed by atoms with Crippen molar-refractivity contribution in [3.63, 3.8) is 0 Å². The van der Waals surface area contributed by atoms with Crippen LogP contribution in [0.1, 0.15) is 47.7 Å². The average molecular weight is 360 g/mol. The van der Waals surface area contributed by atoms with Crippen LogP contribution in [0.2, 0.25) is 0 Å². The minimum atomic E-state index is 0.0593. The molecule has 2 aliphatic rings. The summed E-state index contributed by atoms with van der Waals surface area (Å²) in [5.41, 5.74) is 3.10. The number of rotatable bonds is 6. The summed E-state index contributed by atoms with van der Waals surface area (Å²) in [6, 6.07) is 6.58. The van der Waals surface area contributed by atoms with Crippen molar-refractivity contribution in [1.29, 1.82) is 0 Å². The molecule has 0 unspecified atom stereocenters. The lowest BCUT2D eigenvalue weighted by atomic mass is 10.0. The van der Waals surface area contributed by atoms with Gasteiger partial charge in [-0.3, -0.25) is 9.69 Å². The van der Waals surface area contributed by atoms with Crippen molar-refractivity contribution in [1.82, 2.24) is 15.1 Å². The molecule has 26 heavy (non-hydrogen) atoms. The first-order valence-electron chi connectivity index (χ1n) is 10.1. The first-order valence-corrected chi connectivity index (χ1v) is 10.1. The minimum absolute atomic E-state index is 0.0593. The molecular formula is C21H33N3O2. The molecule has 2 saturated heterocycles. The Kier molecular flexibility index (Phi) is 7.06. The summed E-state index contributed by atoms with van der Waals surface area (Å²) in [5, 5.41) is 3.19. The molecule has 1 N–H and O–H groups in total. The maximum atomic E-state index is 12.7. The summed E-state index contributed by atoms with van der Waals surface area (Å²) in [4.78, 5) is 17.8. The average Bonchev–Trinajstić information content (AvgIpc) is 2.66. The highest BCUT2D eigenvalue weighted by Crippen LogP contribution is 2.16. The van der Waals surface area contributed by atoms with Gasteiger partial charge in [0.1, 0.15) is 0 Å². The normalized spacial score (nSPS) is 20.2. The van der Waals surface area contributed by atoms with Gasteiger partial charge in [0.15, 0.2) is 0 Å². The second kappa shape index (κ2) is 9.49. The number of nitrogens with one attached hydrogen (secondary N) is 1. The molecule has 5 heteroatoms. The summed E-state index contributed by atoms with van der Waals surface area (Å²) >= 11 is 0. The summed E-state index contributed by atoms with van der Waals surface area (Å²) in [6.45, 7) is 12.4. The number of piperazine rings is 1. The second-order valence-corrected chi connectivity index (χ2v) is 7.63. The Hall–Kier alpha value is -1.43. The number of nitrogens with zero attached hydrogens (tertiary/aromatic N) is 2. The van der Waals surface area contributed by atoms with Crippen LogP contribution < -0.4 is 5.32 Å². The molecule has 0 spiro atoms. The van der Waals surface area contributed by atoms with Gasteiger partial charge in [0.25, 0.3) is 5.91 Å². The van der Waals surface area contributed by atoms with Crippen molar-refractivity contribution in [2.75, 3.05) is 45.9 Å². The lowest BCUT2D eigenvalue weighted by Crippen LogP contribution is -2.46. The van der Waals surface area contributed by atoms with E-state index in [9.17, 15) is 4.79 Å². The van der Waals surface area contributed by atoms with Crippen LogP contribution in [0, 0.1) is 6.92 Å². The van der Waals surface area contributed by atoms with E-state index in [2.05, 4.69) is 40.2 Å². The summed E-state index contributed by atoms with van der Waals surface area (Å²) in [5.74, 6) is 0.0593. The van der Waals surface area contributed by atoms with Gasteiger partial charge in [-0.25, -0.2) is 0 Å². The van der Waals surface area contributed by atoms with Crippen LogP contribution in [0.15, 0.2) is 18.2 Å². The lowest BCUT2D eigenvalue weighted by Gasteiger charge is -2.34. The van der Waals surface area contributed by atoms with Crippen LogP contribution in [0.4, 0.5) is 0 Å². The number of ether oxygens (including phenoxy) is 1. The van der Waals surface area contributed by atoms with E-state index in [1.807, 2.05) is 6.92 Å². The van der Waals surface area contributed by atoms with Crippen LogP contribution in [-0.4, -0.2) is 67.7 Å². The molecule has 2 aliphatic heterocycles. The molecule has 5 nitrogen and oxygen atoms in total. The van der Waals surface area contributed by atoms with E-state index in [4.69, 9.17) is 4.74 Å². The first kappa shape index (κ1) is 19.3. The van der Waals surface area contributed by atoms with Crippen LogP contribution in [-0.2, 0) is 11.3 Å². The summed E-state index contributed by atoms with van der Waals surface area (Å²) in [6.07, 6.45) is 3.04. The number of carbonyl (C=O) groups is 1. The second-order valence-electron chi connectivity index (χ2n) is 7.63. The van der Waals surface area contributed by atoms with E-state index in [1.165, 1.54) is 18.5 Å². The highest BCUT2D eigenvalue weighted by atomic mass is 16.5. The van der Waals surface area contributed by atoms with Crippen LogP contribution >= 0.6 is 0 Å². The fourth-order valence-corrected chi connectivity index (χ4v) is 3.86. The molecular weight excluding hydrogens is 326 g/mol. The highest BCUT2D eigenvalue weighted by molar-refractivity contribution is 5.96. The molecule has 1 amide bonds. The number of benzene rings is 1. The zero-order valence-electron chi connectivity index (χ0n) is 16.3. The van der Waals surface area contributed by atoms with Crippen molar-refractivity contribution < 1.29 is 9.53 Å². The number of aryl methyl sites for hydroxylation is 1. The van der Waals surface area contributed by atoms with Gasteiger partial charge >= 0.3 is 0 Å². The van der Waals surface area contributed by atoms with Gasteiger partial charge in [0.2, 0.25) is 0 Å². The highest BCUT2D eigenvalue weighted by Gasteiger charge is 2.20. The molecule has 0 aliphatic carbocycles. The Morgan fingerprint density at radius 3 is 2.54 bits per heavy atom. The molecule has 2 heterocycles. The Bertz CT molecular complexity index is 591. The predicted octanol–water partition coefficient (Wildman–Crippen LogP) is 2.43. The topological polar surface area (TPSA) is 44.8 Å². The van der Waals surface area contributed by atoms with Gasteiger partial charge in [-0.1, -0.05) is 19.1 Å². The smallest absolute Gasteiger partial charge is 0.251 e. The molecule has 0 atom stereocenters. The number of carbonyl (C=O) groups excluding carboxylic acids is 1. The maximum Gasteiger partial charge on any atom is 0.251 e. The van der Waals surface area contributed by atoms with Crippen molar-refractivity contribution in [3.05, 3.63) is 34.9 Å². The van der Waals surface area contributed by atoms with E-state index >= 15 is 0 Å². The van der Waals surface area contributed by atoms with E-state index in [0.29, 0.717) is 0 Å². The van der Waals surface area contributed by atoms with Crippen LogP contribution in [0.3, 0.4) is 0 Å². The Morgan fingerprint density at radius 1 is 1.15 bits per heavy atom. The third-order valence-corrected chi connectivity index (χ3v) is 5.51. The largest absolute Gasteiger partial charge is 0.381 e. The van der Waals surface area contributed by atoms with Gasteiger partial charge in [-0.2, -0.15) is 0 Å². The number of hydrogen-bond acceptors (Lipinski definition) is 4. The monoisotopic (exact) mass is 359 g/mol. The van der Waals surface area contributed by atoms with E-state index in [-0.39, 0.29) is 11.9 Å². The van der Waals surface area contributed by atoms with Gasteiger partial charge in [0.05, 0.1) is 0 Å². The van der Waals surface area contributed by atoms with Crippen molar-refractivity contribution in [2.24, 2.45) is 0 Å². The molecule has 2 fully saturated rings. The summed E-state index contributed by atoms with van der Waals surface area (Å²) < 4.78 is 5.38. The molecule has 0 saturated carbocycles. The van der Waals surface area contributed by atoms with E-state index < -0.39 is 0 Å². The molecule has 144 valence electrons. The number of hydrogen-bond donors (Lipinski definition) is 1. The zero-order chi connectivity index (χ0) is 18.4. The molecule has 3 rings (SSSR count). The molecule has 1 aromatic rings. The SMILES string of the molecule is CCCN1CCN(Cc2ccc(C)c(C(=O)NC3CCOCC3)c2)CC1. The van der Waals surface area contributed by atoms with Crippen molar-refractivity contribution in [3.8, 4) is 0 Å². The van der Waals surface area contributed by atoms with E-state index in [0.717, 1.165) is 69.9 Å². The number of amides is 1. The van der Waals surface area contributed by atoms with Gasteiger partial charge in [-0.05, 0) is 49.9 Å². The van der Waals surface area contributed by atoms with Gasteiger partial charge in [-0.15, -0.1) is 0 Å². The van der Waals surface area contributed by atoms with Gasteiger partial charge < -0.3 is 15.0 Å². The Labute approximate surface area is 157 Å². The molecule has 0 aromatic heterocycles. The quantitative estimate of drug-likeness (QED) is 0.847. The maximum absolute atomic E-state index is 12.7. The molecule has 1 aromatic carbocycles. The molecule has 0 bridgehead atoms. The van der Waals surface area contributed by atoms with E-state index in [1.54, 1.807) is 0 Å². The van der Waals surface area contributed by atoms with Crippen LogP contribution in [0.5, 0.6) is 0 Å². The minimum Gasteiger partial charge on any atom is -0.381 e. The first-order chi connectivity index (χ1) is 12.7. The fourth-order valence-electron chi connectivity index (χ4n) is 3.86. The van der Waals surface area contributed by atoms with Gasteiger partial charge in [0, 0.05) is 57.5 Å². The standard InChI is InChI=1S/C21H33N3O2/c1-3-8-23-9-11-24(12-10-23)16-18-5-4-17(2)20(15-18)21(25)22-19-6-13-26-14-7-19/h4-5,15,19H,3,6-14,16H2,1-2H3,(H,22,25).